The number of ether oxygens (including phenoxy) is 1. The van der Waals surface area contributed by atoms with Gasteiger partial charge in [0.05, 0.1) is 5.92 Å². The van der Waals surface area contributed by atoms with Crippen LogP contribution >= 0.6 is 0 Å². The summed E-state index contributed by atoms with van der Waals surface area (Å²) in [5.41, 5.74) is -2.73. The van der Waals surface area contributed by atoms with Crippen LogP contribution in [0.15, 0.2) is 0 Å². The van der Waals surface area contributed by atoms with Crippen molar-refractivity contribution in [3.05, 3.63) is 0 Å². The molecule has 8 nitrogen and oxygen atoms in total. The van der Waals surface area contributed by atoms with Crippen molar-refractivity contribution in [2.45, 2.75) is 38.3 Å². The largest absolute Gasteiger partial charge is 0.481 e. The number of ketones is 1. The van der Waals surface area contributed by atoms with E-state index in [2.05, 4.69) is 5.32 Å². The van der Waals surface area contributed by atoms with Crippen molar-refractivity contribution in [3.63, 3.8) is 0 Å². The minimum atomic E-state index is -1.90. The summed E-state index contributed by atoms with van der Waals surface area (Å²) >= 11 is 0. The fraction of sp³-hybridized carbons (Fsp3) is 0.692. The van der Waals surface area contributed by atoms with Gasteiger partial charge in [-0.2, -0.15) is 0 Å². The summed E-state index contributed by atoms with van der Waals surface area (Å²) in [7, 11) is 0. The summed E-state index contributed by atoms with van der Waals surface area (Å²) < 4.78 is 5.00. The van der Waals surface area contributed by atoms with Gasteiger partial charge in [0.25, 0.3) is 0 Å². The Balaban J connectivity index is 2.23. The van der Waals surface area contributed by atoms with Crippen molar-refractivity contribution < 1.29 is 34.1 Å². The molecule has 2 aliphatic rings. The second kappa shape index (κ2) is 4.44. The van der Waals surface area contributed by atoms with Crippen LogP contribution in [0, 0.1) is 17.8 Å². The Kier molecular flexibility index (Phi) is 3.23. The molecule has 8 heteroatoms. The highest BCUT2D eigenvalue weighted by atomic mass is 16.6. The number of hydrogen-bond acceptors (Lipinski definition) is 5. The molecule has 2 saturated carbocycles. The summed E-state index contributed by atoms with van der Waals surface area (Å²) in [6, 6.07) is 0. The molecule has 116 valence electrons. The Morgan fingerprint density at radius 1 is 1.29 bits per heavy atom. The van der Waals surface area contributed by atoms with Crippen molar-refractivity contribution >= 4 is 23.8 Å². The molecule has 4 atom stereocenters. The normalized spacial score (nSPS) is 34.0. The van der Waals surface area contributed by atoms with Crippen molar-refractivity contribution in [1.82, 2.24) is 5.32 Å². The number of carbonyl (C=O) groups excluding carboxylic acids is 2. The molecule has 1 amide bonds. The fourth-order valence-corrected chi connectivity index (χ4v) is 3.03. The van der Waals surface area contributed by atoms with Crippen molar-refractivity contribution in [2.75, 3.05) is 0 Å². The second-order valence-electron chi connectivity index (χ2n) is 6.46. The topological polar surface area (TPSA) is 130 Å². The molecule has 0 bridgehead atoms. The first-order valence-corrected chi connectivity index (χ1v) is 6.50. The maximum absolute atomic E-state index is 11.8. The molecule has 21 heavy (non-hydrogen) atoms. The summed E-state index contributed by atoms with van der Waals surface area (Å²) in [6.07, 6.45) is -1.39. The van der Waals surface area contributed by atoms with Crippen LogP contribution in [0.25, 0.3) is 0 Å². The zero-order chi connectivity index (χ0) is 16.2. The van der Waals surface area contributed by atoms with Gasteiger partial charge >= 0.3 is 18.0 Å². The number of nitrogens with one attached hydrogen (secondary N) is 1. The van der Waals surface area contributed by atoms with Crippen LogP contribution in [-0.4, -0.2) is 45.2 Å². The molecular formula is C13H17NO7. The van der Waals surface area contributed by atoms with Crippen LogP contribution in [-0.2, 0) is 19.1 Å². The highest BCUT2D eigenvalue weighted by Gasteiger charge is 2.76. The highest BCUT2D eigenvalue weighted by Crippen LogP contribution is 2.60. The molecular weight excluding hydrogens is 282 g/mol. The van der Waals surface area contributed by atoms with Gasteiger partial charge in [0, 0.05) is 18.3 Å². The fourth-order valence-electron chi connectivity index (χ4n) is 3.03. The highest BCUT2D eigenvalue weighted by molar-refractivity contribution is 6.04. The molecule has 0 aromatic rings. The van der Waals surface area contributed by atoms with E-state index in [4.69, 9.17) is 9.84 Å². The van der Waals surface area contributed by atoms with Crippen LogP contribution in [0.3, 0.4) is 0 Å². The van der Waals surface area contributed by atoms with E-state index in [1.165, 1.54) is 0 Å². The molecule has 3 N–H and O–H groups in total. The Hall–Kier alpha value is -2.12. The quantitative estimate of drug-likeness (QED) is 0.681. The lowest BCUT2D eigenvalue weighted by Crippen LogP contribution is -2.57. The van der Waals surface area contributed by atoms with E-state index in [1.54, 1.807) is 20.8 Å². The zero-order valence-electron chi connectivity index (χ0n) is 11.9. The minimum Gasteiger partial charge on any atom is -0.481 e. The maximum atomic E-state index is 11.8. The minimum absolute atomic E-state index is 0.416. The van der Waals surface area contributed by atoms with Gasteiger partial charge in [-0.25, -0.2) is 9.59 Å². The molecule has 3 unspecified atom stereocenters. The number of aliphatic carboxylic acids is 2. The predicted molar refractivity (Wildman–Crippen MR) is 67.5 cm³/mol. The van der Waals surface area contributed by atoms with E-state index >= 15 is 0 Å². The van der Waals surface area contributed by atoms with Crippen molar-refractivity contribution in [2.24, 2.45) is 17.8 Å². The van der Waals surface area contributed by atoms with E-state index in [0.717, 1.165) is 0 Å². The lowest BCUT2D eigenvalue weighted by Gasteiger charge is -2.29. The van der Waals surface area contributed by atoms with Crippen LogP contribution in [0.5, 0.6) is 0 Å². The monoisotopic (exact) mass is 299 g/mol. The number of hydrogen-bond donors (Lipinski definition) is 3. The first-order valence-electron chi connectivity index (χ1n) is 6.50. The molecule has 0 spiro atoms. The first kappa shape index (κ1) is 15.3. The summed E-state index contributed by atoms with van der Waals surface area (Å²) in [4.78, 5) is 46.2. The smallest absolute Gasteiger partial charge is 0.408 e. The molecule has 2 aliphatic carbocycles. The van der Waals surface area contributed by atoms with E-state index in [-0.39, 0.29) is 0 Å². The molecule has 0 saturated heterocycles. The third kappa shape index (κ3) is 2.45. The number of alkyl carbamates (subject to hydrolysis) is 1. The van der Waals surface area contributed by atoms with E-state index < -0.39 is 59.1 Å². The van der Waals surface area contributed by atoms with Crippen molar-refractivity contribution in [1.29, 1.82) is 0 Å². The molecule has 0 aromatic heterocycles. The predicted octanol–water partition coefficient (Wildman–Crippen LogP) is 0.254. The number of Topliss-reactive ketones (excluding diaryl/α,β-unsaturated/α-hetero) is 1. The number of fused-ring (bicyclic) bond motifs is 1. The Bertz CT molecular complexity index is 531. The standard InChI is InChI=1S/C13H17NO7/c1-12(2,3)21-11(20)14-13(10(18)19)4-5(15)6-7(8(6)13)9(16)17/h6-8H,4H2,1-3H3,(H,14,20)(H,16,17)(H,18,19)/t6?,7?,8-,13?/m1/s1. The van der Waals surface area contributed by atoms with E-state index in [9.17, 15) is 24.3 Å². The van der Waals surface area contributed by atoms with Crippen LogP contribution < -0.4 is 5.32 Å². The van der Waals surface area contributed by atoms with E-state index in [1.807, 2.05) is 0 Å². The first-order chi connectivity index (χ1) is 9.49. The van der Waals surface area contributed by atoms with Gasteiger partial charge in [-0.1, -0.05) is 0 Å². The van der Waals surface area contributed by atoms with Gasteiger partial charge in [0.15, 0.2) is 5.54 Å². The molecule has 0 aliphatic heterocycles. The molecule has 0 aromatic carbocycles. The zero-order valence-corrected chi connectivity index (χ0v) is 11.9. The molecule has 0 heterocycles. The Morgan fingerprint density at radius 2 is 1.86 bits per heavy atom. The maximum Gasteiger partial charge on any atom is 0.408 e. The van der Waals surface area contributed by atoms with E-state index in [0.29, 0.717) is 0 Å². The molecule has 2 rings (SSSR count). The Morgan fingerprint density at radius 3 is 2.24 bits per heavy atom. The van der Waals surface area contributed by atoms with Gasteiger partial charge in [-0.15, -0.1) is 0 Å². The van der Waals surface area contributed by atoms with Crippen LogP contribution in [0.4, 0.5) is 4.79 Å². The number of amides is 1. The van der Waals surface area contributed by atoms with Gasteiger partial charge in [-0.3, -0.25) is 9.59 Å². The number of carboxylic acid groups (broad SMARTS) is 2. The SMILES string of the molecule is CC(C)(C)OC(=O)NC1(C(=O)O)CC(=O)C2C(C(=O)O)[C@@H]21. The number of carboxylic acids is 2. The summed E-state index contributed by atoms with van der Waals surface area (Å²) in [5.74, 6) is -5.92. The number of carbonyl (C=O) groups is 4. The van der Waals surface area contributed by atoms with Gasteiger partial charge < -0.3 is 20.3 Å². The molecule has 0 radical (unpaired) electrons. The third-order valence-corrected chi connectivity index (χ3v) is 3.80. The summed E-state index contributed by atoms with van der Waals surface area (Å²) in [5, 5.41) is 20.6. The second-order valence-corrected chi connectivity index (χ2v) is 6.46. The van der Waals surface area contributed by atoms with Crippen molar-refractivity contribution in [3.8, 4) is 0 Å². The average molecular weight is 299 g/mol. The lowest BCUT2D eigenvalue weighted by atomic mass is 9.90. The van der Waals surface area contributed by atoms with Gasteiger partial charge in [0.2, 0.25) is 0 Å². The average Bonchev–Trinajstić information content (AvgIpc) is 2.94. The summed E-state index contributed by atoms with van der Waals surface area (Å²) in [6.45, 7) is 4.83. The molecule has 2 fully saturated rings. The van der Waals surface area contributed by atoms with Crippen LogP contribution in [0.2, 0.25) is 0 Å². The van der Waals surface area contributed by atoms with Gasteiger partial charge in [-0.05, 0) is 20.8 Å². The number of rotatable bonds is 3. The Labute approximate surface area is 120 Å². The van der Waals surface area contributed by atoms with Crippen LogP contribution in [0.1, 0.15) is 27.2 Å². The van der Waals surface area contributed by atoms with Gasteiger partial charge in [0.1, 0.15) is 11.4 Å². The lowest BCUT2D eigenvalue weighted by molar-refractivity contribution is -0.148. The third-order valence-electron chi connectivity index (χ3n) is 3.80.